The summed E-state index contributed by atoms with van der Waals surface area (Å²) >= 11 is 0. The van der Waals surface area contributed by atoms with E-state index in [2.05, 4.69) is 10.3 Å². The van der Waals surface area contributed by atoms with E-state index in [4.69, 9.17) is 14.9 Å². The highest BCUT2D eigenvalue weighted by atomic mass is 16.5. The Morgan fingerprint density at radius 3 is 2.61 bits per heavy atom. The van der Waals surface area contributed by atoms with Crippen molar-refractivity contribution in [1.29, 1.82) is 0 Å². The van der Waals surface area contributed by atoms with Gasteiger partial charge in [-0.1, -0.05) is 0 Å². The number of hydrogen-bond acceptors (Lipinski definition) is 4. The summed E-state index contributed by atoms with van der Waals surface area (Å²) in [6.07, 6.45) is 1.64. The molecule has 1 atom stereocenters. The third-order valence-electron chi connectivity index (χ3n) is 3.11. The van der Waals surface area contributed by atoms with Crippen LogP contribution in [0.25, 0.3) is 0 Å². The molecule has 6 nitrogen and oxygen atoms in total. The molecule has 0 radical (unpaired) electrons. The van der Waals surface area contributed by atoms with Gasteiger partial charge in [0.2, 0.25) is 0 Å². The molecule has 1 heterocycles. The number of ether oxygens (including phenoxy) is 1. The van der Waals surface area contributed by atoms with Gasteiger partial charge >= 0.3 is 0 Å². The van der Waals surface area contributed by atoms with Crippen LogP contribution < -0.4 is 15.8 Å². The number of furan rings is 1. The van der Waals surface area contributed by atoms with E-state index in [0.29, 0.717) is 5.76 Å². The molecule has 0 fully saturated rings. The van der Waals surface area contributed by atoms with E-state index in [1.165, 1.54) is 6.26 Å². The van der Waals surface area contributed by atoms with Crippen molar-refractivity contribution in [3.05, 3.63) is 48.4 Å². The van der Waals surface area contributed by atoms with Crippen molar-refractivity contribution >= 4 is 11.6 Å². The van der Waals surface area contributed by atoms with Crippen molar-refractivity contribution in [3.63, 3.8) is 0 Å². The molecule has 6 heteroatoms. The molecule has 4 N–H and O–H groups in total. The van der Waals surface area contributed by atoms with Crippen molar-refractivity contribution in [1.82, 2.24) is 0 Å². The molecule has 0 bridgehead atoms. The van der Waals surface area contributed by atoms with Gasteiger partial charge in [0.1, 0.15) is 17.1 Å². The first-order chi connectivity index (χ1) is 10.9. The molecule has 0 saturated heterocycles. The summed E-state index contributed by atoms with van der Waals surface area (Å²) in [7, 11) is 0. The molecule has 0 aliphatic rings. The van der Waals surface area contributed by atoms with E-state index in [1.54, 1.807) is 19.1 Å². The number of nitrogens with two attached hydrogens (primary N) is 1. The van der Waals surface area contributed by atoms with Crippen LogP contribution in [0.4, 0.5) is 5.69 Å². The molecule has 1 unspecified atom stereocenters. The molecular weight excluding hydrogens is 294 g/mol. The first-order valence-electron chi connectivity index (χ1n) is 7.47. The predicted octanol–water partition coefficient (Wildman–Crippen LogP) is 2.70. The zero-order valence-corrected chi connectivity index (χ0v) is 13.6. The van der Waals surface area contributed by atoms with Crippen LogP contribution in [0.5, 0.6) is 5.75 Å². The maximum atomic E-state index is 10.3. The highest BCUT2D eigenvalue weighted by Gasteiger charge is 2.25. The molecular formula is C17H23N3O3. The van der Waals surface area contributed by atoms with E-state index in [1.807, 2.05) is 38.1 Å². The number of guanidine groups is 1. The van der Waals surface area contributed by atoms with Crippen molar-refractivity contribution in [2.45, 2.75) is 32.5 Å². The minimum atomic E-state index is -1.20. The van der Waals surface area contributed by atoms with Crippen molar-refractivity contribution in [3.8, 4) is 5.75 Å². The second kappa shape index (κ2) is 7.19. The summed E-state index contributed by atoms with van der Waals surface area (Å²) in [6.45, 7) is 5.66. The van der Waals surface area contributed by atoms with E-state index in [0.717, 1.165) is 11.4 Å². The molecule has 1 aromatic carbocycles. The Morgan fingerprint density at radius 2 is 2.04 bits per heavy atom. The lowest BCUT2D eigenvalue weighted by molar-refractivity contribution is 0.0438. The summed E-state index contributed by atoms with van der Waals surface area (Å²) in [5, 5.41) is 13.3. The summed E-state index contributed by atoms with van der Waals surface area (Å²) in [4.78, 5) is 4.16. The van der Waals surface area contributed by atoms with Crippen LogP contribution in [-0.2, 0) is 5.60 Å². The normalized spacial score (nSPS) is 14.6. The second-order valence-electron chi connectivity index (χ2n) is 5.77. The fourth-order valence-electron chi connectivity index (χ4n) is 1.98. The minimum absolute atomic E-state index is 0.0912. The Balaban J connectivity index is 1.94. The van der Waals surface area contributed by atoms with Crippen molar-refractivity contribution in [2.75, 3.05) is 11.9 Å². The van der Waals surface area contributed by atoms with Gasteiger partial charge in [0.15, 0.2) is 5.96 Å². The molecule has 0 spiro atoms. The van der Waals surface area contributed by atoms with Gasteiger partial charge in [0.25, 0.3) is 0 Å². The van der Waals surface area contributed by atoms with Crippen LogP contribution in [0, 0.1) is 0 Å². The van der Waals surface area contributed by atoms with Crippen molar-refractivity contribution in [2.24, 2.45) is 10.7 Å². The second-order valence-corrected chi connectivity index (χ2v) is 5.77. The van der Waals surface area contributed by atoms with Gasteiger partial charge in [-0.05, 0) is 57.2 Å². The number of aliphatic hydroxyl groups is 1. The highest BCUT2D eigenvalue weighted by Crippen LogP contribution is 2.21. The Kier molecular flexibility index (Phi) is 5.28. The maximum Gasteiger partial charge on any atom is 0.193 e. The molecule has 0 saturated carbocycles. The van der Waals surface area contributed by atoms with E-state index < -0.39 is 5.60 Å². The van der Waals surface area contributed by atoms with Crippen LogP contribution >= 0.6 is 0 Å². The molecule has 124 valence electrons. The number of anilines is 1. The molecule has 2 aromatic rings. The molecule has 1 aromatic heterocycles. The van der Waals surface area contributed by atoms with Gasteiger partial charge in [0.05, 0.1) is 18.9 Å². The standard InChI is InChI=1S/C17H23N3O3/c1-12(2)23-14-8-6-13(7-9-14)20-16(18)19-11-17(3,21)15-5-4-10-22-15/h4-10,12,21H,11H2,1-3H3,(H3,18,19,20). The number of hydrogen-bond donors (Lipinski definition) is 3. The largest absolute Gasteiger partial charge is 0.491 e. The number of aliphatic imine (C=N–C) groups is 1. The summed E-state index contributed by atoms with van der Waals surface area (Å²) in [5.41, 5.74) is 5.44. The number of rotatable bonds is 6. The number of nitrogens with zero attached hydrogens (tertiary/aromatic N) is 1. The van der Waals surface area contributed by atoms with E-state index >= 15 is 0 Å². The lowest BCUT2D eigenvalue weighted by Gasteiger charge is -2.18. The van der Waals surface area contributed by atoms with Gasteiger partial charge in [-0.2, -0.15) is 0 Å². The SMILES string of the molecule is CC(C)Oc1ccc(NC(N)=NCC(C)(O)c2ccco2)cc1. The molecule has 0 amide bonds. The quantitative estimate of drug-likeness (QED) is 0.562. The van der Waals surface area contributed by atoms with Crippen LogP contribution in [0.2, 0.25) is 0 Å². The lowest BCUT2D eigenvalue weighted by Crippen LogP contribution is -2.29. The van der Waals surface area contributed by atoms with E-state index in [-0.39, 0.29) is 18.6 Å². The Morgan fingerprint density at radius 1 is 1.35 bits per heavy atom. The fraction of sp³-hybridized carbons (Fsp3) is 0.353. The molecule has 2 rings (SSSR count). The lowest BCUT2D eigenvalue weighted by atomic mass is 10.0. The smallest absolute Gasteiger partial charge is 0.193 e. The number of nitrogens with one attached hydrogen (secondary N) is 1. The fourth-order valence-corrected chi connectivity index (χ4v) is 1.98. The van der Waals surface area contributed by atoms with Gasteiger partial charge in [0, 0.05) is 5.69 Å². The molecule has 23 heavy (non-hydrogen) atoms. The first-order valence-corrected chi connectivity index (χ1v) is 7.47. The Hall–Kier alpha value is -2.47. The van der Waals surface area contributed by atoms with Crippen LogP contribution in [-0.4, -0.2) is 23.7 Å². The monoisotopic (exact) mass is 317 g/mol. The zero-order valence-electron chi connectivity index (χ0n) is 13.6. The first kappa shape index (κ1) is 16.9. The third kappa shape index (κ3) is 5.03. The average molecular weight is 317 g/mol. The van der Waals surface area contributed by atoms with Crippen LogP contribution in [0.15, 0.2) is 52.1 Å². The predicted molar refractivity (Wildman–Crippen MR) is 90.6 cm³/mol. The maximum absolute atomic E-state index is 10.3. The zero-order chi connectivity index (χ0) is 16.9. The Labute approximate surface area is 136 Å². The summed E-state index contributed by atoms with van der Waals surface area (Å²) in [5.74, 6) is 1.46. The average Bonchev–Trinajstić information content (AvgIpc) is 3.02. The van der Waals surface area contributed by atoms with Crippen LogP contribution in [0.1, 0.15) is 26.5 Å². The van der Waals surface area contributed by atoms with Gasteiger partial charge in [-0.3, -0.25) is 0 Å². The third-order valence-corrected chi connectivity index (χ3v) is 3.11. The van der Waals surface area contributed by atoms with Gasteiger partial charge < -0.3 is 25.3 Å². The summed E-state index contributed by atoms with van der Waals surface area (Å²) in [6, 6.07) is 10.8. The van der Waals surface area contributed by atoms with Gasteiger partial charge in [-0.25, -0.2) is 4.99 Å². The van der Waals surface area contributed by atoms with Gasteiger partial charge in [-0.15, -0.1) is 0 Å². The topological polar surface area (TPSA) is 93.0 Å². The minimum Gasteiger partial charge on any atom is -0.491 e. The molecule has 0 aliphatic carbocycles. The highest BCUT2D eigenvalue weighted by molar-refractivity contribution is 5.92. The summed E-state index contributed by atoms with van der Waals surface area (Å²) < 4.78 is 10.8. The van der Waals surface area contributed by atoms with Crippen LogP contribution in [0.3, 0.4) is 0 Å². The Bertz CT molecular complexity index is 632. The van der Waals surface area contributed by atoms with Crippen molar-refractivity contribution < 1.29 is 14.3 Å². The number of benzene rings is 1. The van der Waals surface area contributed by atoms with E-state index in [9.17, 15) is 5.11 Å². The molecule has 0 aliphatic heterocycles.